The predicted octanol–water partition coefficient (Wildman–Crippen LogP) is 2.53. The highest BCUT2D eigenvalue weighted by atomic mass is 15.3. The summed E-state index contributed by atoms with van der Waals surface area (Å²) in [6.07, 6.45) is 3.44. The zero-order valence-electron chi connectivity index (χ0n) is 10.5. The number of benzene rings is 1. The number of hydrogen-bond acceptors (Lipinski definition) is 4. The normalized spacial score (nSPS) is 10.8. The molecule has 5 nitrogen and oxygen atoms in total. The second kappa shape index (κ2) is 4.20. The van der Waals surface area contributed by atoms with Crippen molar-refractivity contribution in [3.8, 4) is 11.1 Å². The summed E-state index contributed by atoms with van der Waals surface area (Å²) in [5, 5.41) is 12.8. The fourth-order valence-corrected chi connectivity index (χ4v) is 2.07. The van der Waals surface area contributed by atoms with Crippen LogP contribution in [0.5, 0.6) is 0 Å². The van der Waals surface area contributed by atoms with Gasteiger partial charge in [-0.25, -0.2) is 4.68 Å². The van der Waals surface area contributed by atoms with Crippen LogP contribution in [-0.4, -0.2) is 20.6 Å². The Morgan fingerprint density at radius 1 is 1.26 bits per heavy atom. The maximum Gasteiger partial charge on any atom is 0.136 e. The number of nitrogens with zero attached hydrogens (tertiary/aromatic N) is 3. The summed E-state index contributed by atoms with van der Waals surface area (Å²) >= 11 is 0. The van der Waals surface area contributed by atoms with Crippen LogP contribution in [0.15, 0.2) is 42.7 Å². The molecule has 0 radical (unpaired) electrons. The van der Waals surface area contributed by atoms with E-state index in [1.54, 1.807) is 19.3 Å². The minimum Gasteiger partial charge on any atom is -0.383 e. The maximum atomic E-state index is 7.59. The van der Waals surface area contributed by atoms with Crippen molar-refractivity contribution >= 4 is 22.6 Å². The molecular formula is C14H13N5. The molecule has 0 fully saturated rings. The Hall–Kier alpha value is -2.69. The molecule has 5 heteroatoms. The van der Waals surface area contributed by atoms with E-state index in [0.717, 1.165) is 22.0 Å². The zero-order valence-corrected chi connectivity index (χ0v) is 10.5. The van der Waals surface area contributed by atoms with Crippen molar-refractivity contribution in [1.82, 2.24) is 14.8 Å². The van der Waals surface area contributed by atoms with Crippen molar-refractivity contribution in [2.24, 2.45) is 0 Å². The van der Waals surface area contributed by atoms with Crippen molar-refractivity contribution in [3.63, 3.8) is 0 Å². The lowest BCUT2D eigenvalue weighted by molar-refractivity contribution is 0.928. The van der Waals surface area contributed by atoms with E-state index < -0.39 is 0 Å². The quantitative estimate of drug-likeness (QED) is 0.515. The van der Waals surface area contributed by atoms with Crippen LogP contribution >= 0.6 is 0 Å². The molecule has 3 N–H and O–H groups in total. The van der Waals surface area contributed by atoms with Gasteiger partial charge in [-0.1, -0.05) is 18.2 Å². The maximum absolute atomic E-state index is 7.59. The molecule has 94 valence electrons. The largest absolute Gasteiger partial charge is 0.383 e. The number of nitrogens with one attached hydrogen (secondary N) is 1. The first-order valence-electron chi connectivity index (χ1n) is 5.91. The van der Waals surface area contributed by atoms with Crippen LogP contribution in [0.2, 0.25) is 0 Å². The predicted molar refractivity (Wildman–Crippen MR) is 76.2 cm³/mol. The first-order chi connectivity index (χ1) is 9.16. The third kappa shape index (κ3) is 1.85. The van der Waals surface area contributed by atoms with E-state index in [1.165, 1.54) is 4.68 Å². The molecule has 0 saturated carbocycles. The number of anilines is 1. The highest BCUT2D eigenvalue weighted by molar-refractivity contribution is 5.89. The van der Waals surface area contributed by atoms with Gasteiger partial charge in [0, 0.05) is 22.7 Å². The van der Waals surface area contributed by atoms with Crippen LogP contribution in [0.4, 0.5) is 5.82 Å². The van der Waals surface area contributed by atoms with Crippen LogP contribution < -0.4 is 5.73 Å². The van der Waals surface area contributed by atoms with Crippen LogP contribution in [0.3, 0.4) is 0 Å². The highest BCUT2D eigenvalue weighted by Crippen LogP contribution is 2.27. The van der Waals surface area contributed by atoms with Crippen molar-refractivity contribution in [1.29, 1.82) is 5.41 Å². The summed E-state index contributed by atoms with van der Waals surface area (Å²) in [5.74, 6) is 0.752. The van der Waals surface area contributed by atoms with E-state index in [1.807, 2.05) is 30.3 Å². The Morgan fingerprint density at radius 2 is 2.05 bits per heavy atom. The number of nitrogen functional groups attached to an aromatic ring is 1. The van der Waals surface area contributed by atoms with E-state index >= 15 is 0 Å². The van der Waals surface area contributed by atoms with Crippen molar-refractivity contribution in [3.05, 3.63) is 42.7 Å². The van der Waals surface area contributed by atoms with Gasteiger partial charge < -0.3 is 5.73 Å². The lowest BCUT2D eigenvalue weighted by atomic mass is 10.1. The fourth-order valence-electron chi connectivity index (χ4n) is 2.07. The second-order valence-corrected chi connectivity index (χ2v) is 4.36. The third-order valence-corrected chi connectivity index (χ3v) is 3.03. The molecule has 0 unspecified atom stereocenters. The topological polar surface area (TPSA) is 80.6 Å². The van der Waals surface area contributed by atoms with E-state index in [0.29, 0.717) is 5.82 Å². The van der Waals surface area contributed by atoms with Crippen LogP contribution in [0.25, 0.3) is 22.0 Å². The minimum atomic E-state index is 0.289. The van der Waals surface area contributed by atoms with Gasteiger partial charge in [-0.3, -0.25) is 10.4 Å². The molecule has 0 spiro atoms. The molecule has 0 bridgehead atoms. The van der Waals surface area contributed by atoms with E-state index in [9.17, 15) is 0 Å². The second-order valence-electron chi connectivity index (χ2n) is 4.36. The van der Waals surface area contributed by atoms with Crippen LogP contribution in [0.1, 0.15) is 6.92 Å². The SMILES string of the molecule is CC(=N)n1ncc(-c2cnc3ccccc3c2)c1N. The standard InChI is InChI=1S/C14H13N5/c1-9(15)19-14(16)12(8-18-19)11-6-10-4-2-3-5-13(10)17-7-11/h2-8,15H,16H2,1H3. The summed E-state index contributed by atoms with van der Waals surface area (Å²) < 4.78 is 1.41. The Morgan fingerprint density at radius 3 is 2.79 bits per heavy atom. The number of hydrogen-bond donors (Lipinski definition) is 2. The van der Waals surface area contributed by atoms with Gasteiger partial charge in [0.15, 0.2) is 0 Å². The van der Waals surface area contributed by atoms with Gasteiger partial charge in [0.1, 0.15) is 11.7 Å². The summed E-state index contributed by atoms with van der Waals surface area (Å²) in [6.45, 7) is 1.64. The number of rotatable bonds is 1. The number of aromatic nitrogens is 3. The average Bonchev–Trinajstić information content (AvgIpc) is 2.80. The molecule has 0 aliphatic carbocycles. The van der Waals surface area contributed by atoms with Gasteiger partial charge in [-0.15, -0.1) is 0 Å². The Kier molecular flexibility index (Phi) is 2.52. The molecule has 0 amide bonds. The average molecular weight is 251 g/mol. The van der Waals surface area contributed by atoms with E-state index in [2.05, 4.69) is 10.1 Å². The molecule has 0 aliphatic heterocycles. The zero-order chi connectivity index (χ0) is 13.4. The molecule has 0 saturated heterocycles. The van der Waals surface area contributed by atoms with Gasteiger partial charge in [0.05, 0.1) is 11.7 Å². The highest BCUT2D eigenvalue weighted by Gasteiger charge is 2.11. The molecular weight excluding hydrogens is 238 g/mol. The summed E-state index contributed by atoms with van der Waals surface area (Å²) in [7, 11) is 0. The molecule has 0 aliphatic rings. The summed E-state index contributed by atoms with van der Waals surface area (Å²) in [6, 6.07) is 9.93. The lowest BCUT2D eigenvalue weighted by Gasteiger charge is -2.04. The van der Waals surface area contributed by atoms with Crippen LogP contribution in [0, 0.1) is 5.41 Å². The Labute approximate surface area is 110 Å². The summed E-state index contributed by atoms with van der Waals surface area (Å²) in [4.78, 5) is 4.41. The van der Waals surface area contributed by atoms with Gasteiger partial charge in [0.25, 0.3) is 0 Å². The fraction of sp³-hybridized carbons (Fsp3) is 0.0714. The van der Waals surface area contributed by atoms with E-state index in [4.69, 9.17) is 11.1 Å². The lowest BCUT2D eigenvalue weighted by Crippen LogP contribution is -2.10. The molecule has 3 aromatic rings. The minimum absolute atomic E-state index is 0.289. The number of nitrogens with two attached hydrogens (primary N) is 1. The molecule has 2 aromatic heterocycles. The summed E-state index contributed by atoms with van der Waals surface area (Å²) in [5.41, 5.74) is 8.66. The first-order valence-corrected chi connectivity index (χ1v) is 5.91. The number of para-hydroxylation sites is 1. The van der Waals surface area contributed by atoms with Gasteiger partial charge in [0.2, 0.25) is 0 Å². The third-order valence-electron chi connectivity index (χ3n) is 3.03. The molecule has 0 atom stereocenters. The molecule has 1 aromatic carbocycles. The first kappa shape index (κ1) is 11.4. The van der Waals surface area contributed by atoms with Crippen molar-refractivity contribution < 1.29 is 0 Å². The van der Waals surface area contributed by atoms with Gasteiger partial charge in [-0.05, 0) is 19.1 Å². The van der Waals surface area contributed by atoms with Gasteiger partial charge >= 0.3 is 0 Å². The van der Waals surface area contributed by atoms with Crippen LogP contribution in [-0.2, 0) is 0 Å². The smallest absolute Gasteiger partial charge is 0.136 e. The Bertz CT molecular complexity index is 772. The number of pyridine rings is 1. The van der Waals surface area contributed by atoms with Crippen molar-refractivity contribution in [2.75, 3.05) is 5.73 Å². The molecule has 3 rings (SSSR count). The van der Waals surface area contributed by atoms with E-state index in [-0.39, 0.29) is 5.84 Å². The van der Waals surface area contributed by atoms with Gasteiger partial charge in [-0.2, -0.15) is 5.10 Å². The number of fused-ring (bicyclic) bond motifs is 1. The molecule has 2 heterocycles. The van der Waals surface area contributed by atoms with Crippen molar-refractivity contribution in [2.45, 2.75) is 6.92 Å². The molecule has 19 heavy (non-hydrogen) atoms. The Balaban J connectivity index is 2.16. The monoisotopic (exact) mass is 251 g/mol.